The summed E-state index contributed by atoms with van der Waals surface area (Å²) in [5, 5.41) is 4.55. The zero-order chi connectivity index (χ0) is 25.5. The molecular formula is C31H36N4O3. The Hall–Kier alpha value is -3.32. The van der Waals surface area contributed by atoms with Gasteiger partial charge >= 0.3 is 0 Å². The Labute approximate surface area is 224 Å². The molecule has 7 heteroatoms. The molecule has 0 unspecified atom stereocenters. The molecule has 0 radical (unpaired) electrons. The fourth-order valence-electron chi connectivity index (χ4n) is 6.72. The minimum absolute atomic E-state index is 0.136. The minimum Gasteiger partial charge on any atom is -0.454 e. The first-order valence-electron chi connectivity index (χ1n) is 14.4. The second kappa shape index (κ2) is 10.1. The fraction of sp³-hybridized carbons (Fsp3) is 0.484. The van der Waals surface area contributed by atoms with Crippen LogP contribution in [0, 0.1) is 0 Å². The Kier molecular flexibility index (Phi) is 6.32. The van der Waals surface area contributed by atoms with Crippen LogP contribution in [0.1, 0.15) is 61.7 Å². The molecule has 1 N–H and O–H groups in total. The highest BCUT2D eigenvalue weighted by molar-refractivity contribution is 6.08. The maximum Gasteiger partial charge on any atom is 0.254 e. The zero-order valence-electron chi connectivity index (χ0n) is 22.0. The standard InChI is InChI=1S/C31H36N4O3/c36-31(35-15-5-8-24(35)19-34-13-3-4-14-34)26-18-30(32-23-6-1-2-7-23)33-27-11-9-21(16-25(26)27)22-10-12-28-29(17-22)38-20-37-28/h9-12,16-18,23-24H,1-8,13-15,19-20H2,(H,32,33)/t24-/m0/s1. The van der Waals surface area contributed by atoms with Gasteiger partial charge in [0.1, 0.15) is 5.82 Å². The van der Waals surface area contributed by atoms with Crippen LogP contribution in [0.3, 0.4) is 0 Å². The van der Waals surface area contributed by atoms with E-state index in [1.165, 1.54) is 25.7 Å². The number of benzene rings is 2. The smallest absolute Gasteiger partial charge is 0.254 e. The summed E-state index contributed by atoms with van der Waals surface area (Å²) in [5.41, 5.74) is 3.69. The van der Waals surface area contributed by atoms with Crippen molar-refractivity contribution in [3.05, 3.63) is 48.0 Å². The van der Waals surface area contributed by atoms with E-state index in [1.807, 2.05) is 24.3 Å². The Balaban J connectivity index is 1.26. The third kappa shape index (κ3) is 4.57. The van der Waals surface area contributed by atoms with Gasteiger partial charge in [0.25, 0.3) is 5.91 Å². The molecular weight excluding hydrogens is 476 g/mol. The number of likely N-dealkylation sites (tertiary alicyclic amines) is 2. The van der Waals surface area contributed by atoms with Gasteiger partial charge in [0.05, 0.1) is 11.1 Å². The summed E-state index contributed by atoms with van der Waals surface area (Å²) >= 11 is 0. The van der Waals surface area contributed by atoms with Crippen LogP contribution in [0.15, 0.2) is 42.5 Å². The third-order valence-electron chi connectivity index (χ3n) is 8.76. The second-order valence-electron chi connectivity index (χ2n) is 11.3. The fourth-order valence-corrected chi connectivity index (χ4v) is 6.72. The largest absolute Gasteiger partial charge is 0.454 e. The molecule has 1 amide bonds. The van der Waals surface area contributed by atoms with Gasteiger partial charge < -0.3 is 24.6 Å². The molecule has 4 aliphatic rings. The van der Waals surface area contributed by atoms with Crippen LogP contribution < -0.4 is 14.8 Å². The molecule has 7 nitrogen and oxygen atoms in total. The number of carbonyl (C=O) groups is 1. The molecule has 0 spiro atoms. The summed E-state index contributed by atoms with van der Waals surface area (Å²) in [6.07, 6.45) is 9.53. The maximum atomic E-state index is 14.3. The molecule has 198 valence electrons. The number of fused-ring (bicyclic) bond motifs is 2. The van der Waals surface area contributed by atoms with Crippen LogP contribution in [0.2, 0.25) is 0 Å². The van der Waals surface area contributed by atoms with Crippen molar-refractivity contribution >= 4 is 22.6 Å². The molecule has 3 aromatic rings. The Morgan fingerprint density at radius 1 is 0.868 bits per heavy atom. The highest BCUT2D eigenvalue weighted by Gasteiger charge is 2.32. The average molecular weight is 513 g/mol. The summed E-state index contributed by atoms with van der Waals surface area (Å²) in [6, 6.07) is 15.0. The van der Waals surface area contributed by atoms with Crippen LogP contribution in [0.4, 0.5) is 5.82 Å². The van der Waals surface area contributed by atoms with Crippen molar-refractivity contribution in [1.29, 1.82) is 0 Å². The number of anilines is 1. The van der Waals surface area contributed by atoms with Crippen LogP contribution in [-0.4, -0.2) is 65.7 Å². The molecule has 3 fully saturated rings. The van der Waals surface area contributed by atoms with Gasteiger partial charge in [-0.25, -0.2) is 4.98 Å². The first-order chi connectivity index (χ1) is 18.7. The summed E-state index contributed by atoms with van der Waals surface area (Å²) in [5.74, 6) is 2.48. The van der Waals surface area contributed by atoms with Crippen molar-refractivity contribution in [3.8, 4) is 22.6 Å². The number of carbonyl (C=O) groups excluding carboxylic acids is 1. The molecule has 0 bridgehead atoms. The summed E-state index contributed by atoms with van der Waals surface area (Å²) in [7, 11) is 0. The quantitative estimate of drug-likeness (QED) is 0.458. The first kappa shape index (κ1) is 23.8. The van der Waals surface area contributed by atoms with Crippen LogP contribution in [0.5, 0.6) is 11.5 Å². The molecule has 1 aromatic heterocycles. The number of hydrogen-bond acceptors (Lipinski definition) is 6. The van der Waals surface area contributed by atoms with Crippen molar-refractivity contribution in [2.24, 2.45) is 0 Å². The molecule has 1 atom stereocenters. The van der Waals surface area contributed by atoms with Gasteiger partial charge in [0, 0.05) is 30.6 Å². The van der Waals surface area contributed by atoms with Gasteiger partial charge in [0.15, 0.2) is 11.5 Å². The molecule has 4 heterocycles. The van der Waals surface area contributed by atoms with Gasteiger partial charge in [-0.15, -0.1) is 0 Å². The lowest BCUT2D eigenvalue weighted by atomic mass is 9.99. The van der Waals surface area contributed by atoms with Gasteiger partial charge in [-0.2, -0.15) is 0 Å². The van der Waals surface area contributed by atoms with E-state index in [4.69, 9.17) is 14.5 Å². The maximum absolute atomic E-state index is 14.3. The number of pyridine rings is 1. The molecule has 2 saturated heterocycles. The van der Waals surface area contributed by atoms with E-state index in [-0.39, 0.29) is 18.7 Å². The highest BCUT2D eigenvalue weighted by Crippen LogP contribution is 2.37. The predicted octanol–water partition coefficient (Wildman–Crippen LogP) is 5.69. The van der Waals surface area contributed by atoms with E-state index in [1.54, 1.807) is 0 Å². The normalized spacial score (nSPS) is 21.6. The van der Waals surface area contributed by atoms with E-state index >= 15 is 0 Å². The van der Waals surface area contributed by atoms with Gasteiger partial charge in [-0.3, -0.25) is 4.79 Å². The third-order valence-corrected chi connectivity index (χ3v) is 8.76. The summed E-state index contributed by atoms with van der Waals surface area (Å²) in [4.78, 5) is 23.9. The Morgan fingerprint density at radius 2 is 1.66 bits per heavy atom. The number of ether oxygens (including phenoxy) is 2. The number of hydrogen-bond donors (Lipinski definition) is 1. The zero-order valence-corrected chi connectivity index (χ0v) is 22.0. The van der Waals surface area contributed by atoms with Crippen LogP contribution in [0.25, 0.3) is 22.0 Å². The molecule has 7 rings (SSSR count). The molecule has 1 saturated carbocycles. The lowest BCUT2D eigenvalue weighted by Gasteiger charge is -2.29. The lowest BCUT2D eigenvalue weighted by Crippen LogP contribution is -2.42. The number of nitrogens with one attached hydrogen (secondary N) is 1. The van der Waals surface area contributed by atoms with Crippen molar-refractivity contribution in [3.63, 3.8) is 0 Å². The van der Waals surface area contributed by atoms with Gasteiger partial charge in [-0.1, -0.05) is 25.0 Å². The van der Waals surface area contributed by atoms with E-state index in [0.29, 0.717) is 6.04 Å². The minimum atomic E-state index is 0.136. The summed E-state index contributed by atoms with van der Waals surface area (Å²) in [6.45, 7) is 4.39. The number of nitrogens with zero attached hydrogens (tertiary/aromatic N) is 3. The highest BCUT2D eigenvalue weighted by atomic mass is 16.7. The number of aromatic nitrogens is 1. The molecule has 1 aliphatic carbocycles. The van der Waals surface area contributed by atoms with E-state index in [0.717, 1.165) is 96.8 Å². The summed E-state index contributed by atoms with van der Waals surface area (Å²) < 4.78 is 11.1. The van der Waals surface area contributed by atoms with Crippen LogP contribution >= 0.6 is 0 Å². The number of amides is 1. The monoisotopic (exact) mass is 512 g/mol. The molecule has 3 aliphatic heterocycles. The topological polar surface area (TPSA) is 66.9 Å². The molecule has 38 heavy (non-hydrogen) atoms. The van der Waals surface area contributed by atoms with Crippen molar-refractivity contribution in [2.75, 3.05) is 38.3 Å². The second-order valence-corrected chi connectivity index (χ2v) is 11.3. The van der Waals surface area contributed by atoms with Crippen LogP contribution in [-0.2, 0) is 0 Å². The van der Waals surface area contributed by atoms with Gasteiger partial charge in [-0.05, 0) is 93.1 Å². The van der Waals surface area contributed by atoms with Gasteiger partial charge in [0.2, 0.25) is 6.79 Å². The van der Waals surface area contributed by atoms with E-state index in [9.17, 15) is 4.79 Å². The number of rotatable bonds is 6. The Bertz CT molecular complexity index is 1350. The van der Waals surface area contributed by atoms with Crippen molar-refractivity contribution in [2.45, 2.75) is 63.5 Å². The predicted molar refractivity (Wildman–Crippen MR) is 149 cm³/mol. The van der Waals surface area contributed by atoms with Crippen molar-refractivity contribution < 1.29 is 14.3 Å². The lowest BCUT2D eigenvalue weighted by molar-refractivity contribution is 0.0710. The van der Waals surface area contributed by atoms with E-state index in [2.05, 4.69) is 33.3 Å². The molecule has 2 aromatic carbocycles. The Morgan fingerprint density at radius 3 is 2.53 bits per heavy atom. The first-order valence-corrected chi connectivity index (χ1v) is 14.4. The average Bonchev–Trinajstić information content (AvgIpc) is 3.76. The SMILES string of the molecule is O=C(c1cc(NC2CCCC2)nc2ccc(-c3ccc4c(c3)OCO4)cc12)N1CCC[C@H]1CN1CCCC1. The van der Waals surface area contributed by atoms with E-state index < -0.39 is 0 Å². The van der Waals surface area contributed by atoms with Crippen molar-refractivity contribution in [1.82, 2.24) is 14.8 Å².